The maximum Gasteiger partial charge on any atom is 0.416 e. The third kappa shape index (κ3) is 5.20. The highest BCUT2D eigenvalue weighted by atomic mass is 32.2. The molecule has 0 bridgehead atoms. The summed E-state index contributed by atoms with van der Waals surface area (Å²) in [5.41, 5.74) is 0.0828. The van der Waals surface area contributed by atoms with Crippen LogP contribution in [0.4, 0.5) is 13.2 Å². The molecular formula is C12H16F3NO2S. The van der Waals surface area contributed by atoms with E-state index in [4.69, 9.17) is 0 Å². The smallest absolute Gasteiger partial charge is 0.213 e. The number of nitrogens with zero attached hydrogens (tertiary/aromatic N) is 1. The Morgan fingerprint density at radius 3 is 2.11 bits per heavy atom. The van der Waals surface area contributed by atoms with Gasteiger partial charge >= 0.3 is 6.18 Å². The molecule has 0 unspecified atom stereocenters. The molecule has 1 rings (SSSR count). The van der Waals surface area contributed by atoms with E-state index in [-0.39, 0.29) is 0 Å². The Bertz CT molecular complexity index is 509. The van der Waals surface area contributed by atoms with Crippen LogP contribution in [-0.4, -0.2) is 32.6 Å². The maximum absolute atomic E-state index is 12.3. The highest BCUT2D eigenvalue weighted by Crippen LogP contribution is 2.29. The topological polar surface area (TPSA) is 37.4 Å². The standard InChI is InChI=1S/C12H16F3NO2S/c1-16(19(2,17)18)9-3-4-10-5-7-11(8-6-10)12(13,14)15/h5-8H,3-4,9H2,1-2H3. The molecule has 0 aromatic heterocycles. The van der Waals surface area contributed by atoms with Crippen molar-refractivity contribution in [1.82, 2.24) is 4.31 Å². The lowest BCUT2D eigenvalue weighted by Gasteiger charge is -2.13. The molecule has 0 saturated heterocycles. The van der Waals surface area contributed by atoms with Crippen molar-refractivity contribution in [2.75, 3.05) is 19.8 Å². The third-order valence-electron chi connectivity index (χ3n) is 2.79. The highest BCUT2D eigenvalue weighted by molar-refractivity contribution is 7.88. The van der Waals surface area contributed by atoms with Crippen molar-refractivity contribution in [2.24, 2.45) is 0 Å². The lowest BCUT2D eigenvalue weighted by molar-refractivity contribution is -0.137. The van der Waals surface area contributed by atoms with Crippen LogP contribution < -0.4 is 0 Å². The molecule has 0 aliphatic carbocycles. The van der Waals surface area contributed by atoms with E-state index in [2.05, 4.69) is 0 Å². The number of sulfonamides is 1. The van der Waals surface area contributed by atoms with E-state index in [0.717, 1.165) is 24.0 Å². The monoisotopic (exact) mass is 295 g/mol. The molecular weight excluding hydrogens is 279 g/mol. The minimum absolute atomic E-state index is 0.347. The van der Waals surface area contributed by atoms with Gasteiger partial charge in [0.25, 0.3) is 0 Å². The Morgan fingerprint density at radius 1 is 1.16 bits per heavy atom. The summed E-state index contributed by atoms with van der Waals surface area (Å²) in [6.45, 7) is 0.347. The van der Waals surface area contributed by atoms with E-state index in [9.17, 15) is 21.6 Å². The normalized spacial score (nSPS) is 12.9. The van der Waals surface area contributed by atoms with Crippen LogP contribution >= 0.6 is 0 Å². The zero-order valence-corrected chi connectivity index (χ0v) is 11.6. The first-order valence-corrected chi connectivity index (χ1v) is 7.53. The van der Waals surface area contributed by atoms with Crippen molar-refractivity contribution in [3.63, 3.8) is 0 Å². The largest absolute Gasteiger partial charge is 0.416 e. The van der Waals surface area contributed by atoms with Gasteiger partial charge in [-0.15, -0.1) is 0 Å². The molecule has 0 heterocycles. The minimum Gasteiger partial charge on any atom is -0.213 e. The Hall–Kier alpha value is -1.08. The highest BCUT2D eigenvalue weighted by Gasteiger charge is 2.29. The second-order valence-electron chi connectivity index (χ2n) is 4.38. The van der Waals surface area contributed by atoms with E-state index in [1.807, 2.05) is 0 Å². The average Bonchev–Trinajstić information content (AvgIpc) is 2.27. The van der Waals surface area contributed by atoms with Gasteiger partial charge in [0.2, 0.25) is 10.0 Å². The molecule has 0 saturated carbocycles. The zero-order chi connectivity index (χ0) is 14.7. The number of aryl methyl sites for hydroxylation is 1. The van der Waals surface area contributed by atoms with Crippen LogP contribution in [0.25, 0.3) is 0 Å². The maximum atomic E-state index is 12.3. The molecule has 0 aliphatic rings. The first-order chi connectivity index (χ1) is 8.60. The first-order valence-electron chi connectivity index (χ1n) is 5.68. The van der Waals surface area contributed by atoms with Gasteiger partial charge < -0.3 is 0 Å². The van der Waals surface area contributed by atoms with Crippen LogP contribution in [-0.2, 0) is 22.6 Å². The summed E-state index contributed by atoms with van der Waals surface area (Å²) in [4.78, 5) is 0. The zero-order valence-electron chi connectivity index (χ0n) is 10.7. The molecule has 0 amide bonds. The molecule has 0 spiro atoms. The Labute approximate surface area is 111 Å². The van der Waals surface area contributed by atoms with E-state index in [0.29, 0.717) is 19.4 Å². The molecule has 1 aromatic carbocycles. The van der Waals surface area contributed by atoms with Crippen LogP contribution in [0.5, 0.6) is 0 Å². The fraction of sp³-hybridized carbons (Fsp3) is 0.500. The molecule has 108 valence electrons. The second-order valence-corrected chi connectivity index (χ2v) is 6.47. The first kappa shape index (κ1) is 16.0. The van der Waals surface area contributed by atoms with Gasteiger partial charge in [-0.2, -0.15) is 13.2 Å². The number of halogens is 3. The van der Waals surface area contributed by atoms with E-state index in [1.165, 1.54) is 23.5 Å². The Morgan fingerprint density at radius 2 is 1.68 bits per heavy atom. The lowest BCUT2D eigenvalue weighted by Crippen LogP contribution is -2.26. The molecule has 1 aromatic rings. The van der Waals surface area contributed by atoms with E-state index >= 15 is 0 Å². The number of rotatable bonds is 5. The summed E-state index contributed by atoms with van der Waals surface area (Å²) in [7, 11) is -1.72. The number of hydrogen-bond acceptors (Lipinski definition) is 2. The summed E-state index contributed by atoms with van der Waals surface area (Å²) >= 11 is 0. The molecule has 0 atom stereocenters. The summed E-state index contributed by atoms with van der Waals surface area (Å²) in [5, 5.41) is 0. The molecule has 0 N–H and O–H groups in total. The predicted octanol–water partition coefficient (Wildman–Crippen LogP) is 2.53. The van der Waals surface area contributed by atoms with Crippen LogP contribution in [0, 0.1) is 0 Å². The molecule has 7 heteroatoms. The molecule has 3 nitrogen and oxygen atoms in total. The third-order valence-corrected chi connectivity index (χ3v) is 4.10. The fourth-order valence-corrected chi connectivity index (χ4v) is 1.99. The van der Waals surface area contributed by atoms with Crippen molar-refractivity contribution in [3.05, 3.63) is 35.4 Å². The van der Waals surface area contributed by atoms with Crippen LogP contribution in [0.2, 0.25) is 0 Å². The average molecular weight is 295 g/mol. The Balaban J connectivity index is 2.52. The second kappa shape index (κ2) is 5.92. The van der Waals surface area contributed by atoms with Crippen molar-refractivity contribution < 1.29 is 21.6 Å². The van der Waals surface area contributed by atoms with Crippen LogP contribution in [0.1, 0.15) is 17.5 Å². The summed E-state index contributed by atoms with van der Waals surface area (Å²) in [5.74, 6) is 0. The number of benzene rings is 1. The van der Waals surface area contributed by atoms with Crippen molar-refractivity contribution in [3.8, 4) is 0 Å². The summed E-state index contributed by atoms with van der Waals surface area (Å²) in [6.07, 6.45) is -2.10. The van der Waals surface area contributed by atoms with Crippen molar-refractivity contribution >= 4 is 10.0 Å². The van der Waals surface area contributed by atoms with Gasteiger partial charge in [-0.1, -0.05) is 12.1 Å². The number of hydrogen-bond donors (Lipinski definition) is 0. The minimum atomic E-state index is -4.32. The predicted molar refractivity (Wildman–Crippen MR) is 67.2 cm³/mol. The van der Waals surface area contributed by atoms with E-state index in [1.54, 1.807) is 0 Å². The fourth-order valence-electron chi connectivity index (χ4n) is 1.53. The van der Waals surface area contributed by atoms with Crippen molar-refractivity contribution in [2.45, 2.75) is 19.0 Å². The van der Waals surface area contributed by atoms with Gasteiger partial charge in [-0.3, -0.25) is 0 Å². The lowest BCUT2D eigenvalue weighted by atomic mass is 10.1. The quantitative estimate of drug-likeness (QED) is 0.837. The van der Waals surface area contributed by atoms with Crippen LogP contribution in [0.15, 0.2) is 24.3 Å². The SMILES string of the molecule is CN(CCCc1ccc(C(F)(F)F)cc1)S(C)(=O)=O. The molecule has 0 radical (unpaired) electrons. The van der Waals surface area contributed by atoms with Crippen LogP contribution in [0.3, 0.4) is 0 Å². The number of alkyl halides is 3. The van der Waals surface area contributed by atoms with Crippen molar-refractivity contribution in [1.29, 1.82) is 0 Å². The Kier molecular flexibility index (Phi) is 4.98. The van der Waals surface area contributed by atoms with Gasteiger partial charge in [0, 0.05) is 13.6 Å². The molecule has 19 heavy (non-hydrogen) atoms. The van der Waals surface area contributed by atoms with E-state index < -0.39 is 21.8 Å². The molecule has 0 aliphatic heterocycles. The molecule has 0 fully saturated rings. The van der Waals surface area contributed by atoms with Gasteiger partial charge in [0.05, 0.1) is 11.8 Å². The van der Waals surface area contributed by atoms with Gasteiger partial charge in [0.15, 0.2) is 0 Å². The van der Waals surface area contributed by atoms with Gasteiger partial charge in [-0.25, -0.2) is 12.7 Å². The summed E-state index contributed by atoms with van der Waals surface area (Å²) < 4.78 is 60.5. The summed E-state index contributed by atoms with van der Waals surface area (Å²) in [6, 6.07) is 4.91. The van der Waals surface area contributed by atoms with Gasteiger partial charge in [-0.05, 0) is 30.5 Å². The van der Waals surface area contributed by atoms with Gasteiger partial charge in [0.1, 0.15) is 0 Å².